The maximum atomic E-state index is 12.7. The lowest BCUT2D eigenvalue weighted by molar-refractivity contribution is -0.136. The second kappa shape index (κ2) is 7.52. The van der Waals surface area contributed by atoms with Crippen molar-refractivity contribution in [3.63, 3.8) is 0 Å². The summed E-state index contributed by atoms with van der Waals surface area (Å²) >= 11 is 0. The molecule has 0 aromatic heterocycles. The van der Waals surface area contributed by atoms with Crippen molar-refractivity contribution < 1.29 is 24.2 Å². The summed E-state index contributed by atoms with van der Waals surface area (Å²) in [5.74, 6) is -0.241. The van der Waals surface area contributed by atoms with Gasteiger partial charge in [0, 0.05) is 38.0 Å². The standard InChI is InChI=1S/C20H25N3O5/c1-2-22-10-13(24)8-15(11-22)28-14-3-4-16-12(7-14)9-23(20(16)27)17-5-6-18(25)21-19(17)26/h3-4,7,13,15,17,24H,2,5-6,8-11H2,1H3,(H,21,25,26)/t13-,15+,17?/m1/s1. The van der Waals surface area contributed by atoms with Gasteiger partial charge in [0.05, 0.1) is 6.10 Å². The number of hydrogen-bond acceptors (Lipinski definition) is 6. The minimum absolute atomic E-state index is 0.106. The molecule has 2 fully saturated rings. The highest BCUT2D eigenvalue weighted by atomic mass is 16.5. The number of rotatable bonds is 4. The molecule has 150 valence electrons. The van der Waals surface area contributed by atoms with Gasteiger partial charge in [-0.05, 0) is 36.7 Å². The number of fused-ring (bicyclic) bond motifs is 1. The maximum absolute atomic E-state index is 12.7. The Morgan fingerprint density at radius 1 is 1.25 bits per heavy atom. The maximum Gasteiger partial charge on any atom is 0.255 e. The number of likely N-dealkylation sites (tertiary alicyclic amines) is 1. The van der Waals surface area contributed by atoms with E-state index in [1.807, 2.05) is 6.07 Å². The molecule has 0 spiro atoms. The number of β-amino-alcohol motifs (C(OH)–C–C–N with tert-alkyl or cyclic N) is 1. The molecule has 1 aromatic carbocycles. The largest absolute Gasteiger partial charge is 0.489 e. The van der Waals surface area contributed by atoms with Crippen molar-refractivity contribution in [3.8, 4) is 5.75 Å². The molecule has 3 amide bonds. The van der Waals surface area contributed by atoms with E-state index in [1.165, 1.54) is 4.90 Å². The van der Waals surface area contributed by atoms with Crippen molar-refractivity contribution in [1.82, 2.24) is 15.1 Å². The van der Waals surface area contributed by atoms with E-state index in [0.29, 0.717) is 37.2 Å². The summed E-state index contributed by atoms with van der Waals surface area (Å²) in [5, 5.41) is 12.3. The van der Waals surface area contributed by atoms with E-state index in [-0.39, 0.29) is 24.3 Å². The van der Waals surface area contributed by atoms with Crippen LogP contribution in [-0.4, -0.2) is 70.5 Å². The highest BCUT2D eigenvalue weighted by Gasteiger charge is 2.39. The van der Waals surface area contributed by atoms with Gasteiger partial charge in [0.1, 0.15) is 17.9 Å². The number of carbonyl (C=O) groups excluding carboxylic acids is 3. The second-order valence-electron chi connectivity index (χ2n) is 7.70. The molecule has 2 saturated heterocycles. The zero-order chi connectivity index (χ0) is 19.8. The fourth-order valence-electron chi connectivity index (χ4n) is 4.27. The topological polar surface area (TPSA) is 99.2 Å². The lowest BCUT2D eigenvalue weighted by atomic mass is 10.0. The van der Waals surface area contributed by atoms with Crippen molar-refractivity contribution in [1.29, 1.82) is 0 Å². The van der Waals surface area contributed by atoms with Crippen LogP contribution in [0.25, 0.3) is 0 Å². The number of hydrogen-bond donors (Lipinski definition) is 2. The van der Waals surface area contributed by atoms with E-state index in [1.54, 1.807) is 12.1 Å². The molecule has 0 aliphatic carbocycles. The number of piperidine rings is 2. The van der Waals surface area contributed by atoms with Gasteiger partial charge in [-0.25, -0.2) is 0 Å². The molecule has 3 atom stereocenters. The Balaban J connectivity index is 1.46. The van der Waals surface area contributed by atoms with Crippen LogP contribution in [0.15, 0.2) is 18.2 Å². The number of aliphatic hydroxyl groups excluding tert-OH is 1. The summed E-state index contributed by atoms with van der Waals surface area (Å²) in [5.41, 5.74) is 1.38. The van der Waals surface area contributed by atoms with Gasteiger partial charge < -0.3 is 14.7 Å². The molecule has 4 rings (SSSR count). The van der Waals surface area contributed by atoms with Gasteiger partial charge in [0.2, 0.25) is 11.8 Å². The number of ether oxygens (including phenoxy) is 1. The molecule has 0 saturated carbocycles. The smallest absolute Gasteiger partial charge is 0.255 e. The quantitative estimate of drug-likeness (QED) is 0.720. The number of carbonyl (C=O) groups is 3. The SMILES string of the molecule is CCN1C[C@H](O)C[C@H](Oc2ccc3c(c2)CN(C2CCC(=O)NC2=O)C3=O)C1. The monoisotopic (exact) mass is 387 g/mol. The van der Waals surface area contributed by atoms with Gasteiger partial charge in [-0.15, -0.1) is 0 Å². The molecular weight excluding hydrogens is 362 g/mol. The highest BCUT2D eigenvalue weighted by Crippen LogP contribution is 2.31. The number of likely N-dealkylation sites (N-methyl/N-ethyl adjacent to an activating group) is 1. The predicted octanol–water partition coefficient (Wildman–Crippen LogP) is 0.282. The number of amides is 3. The van der Waals surface area contributed by atoms with Gasteiger partial charge in [-0.3, -0.25) is 24.6 Å². The normalized spacial score (nSPS) is 28.3. The molecule has 28 heavy (non-hydrogen) atoms. The number of nitrogens with zero attached hydrogens (tertiary/aromatic N) is 2. The summed E-state index contributed by atoms with van der Waals surface area (Å²) in [6.07, 6.45) is 0.654. The molecule has 8 heteroatoms. The first-order valence-electron chi connectivity index (χ1n) is 9.79. The Hall–Kier alpha value is -2.45. The molecular formula is C20H25N3O5. The average molecular weight is 387 g/mol. The van der Waals surface area contributed by atoms with Crippen LogP contribution in [0.5, 0.6) is 5.75 Å². The van der Waals surface area contributed by atoms with Crippen LogP contribution in [0.4, 0.5) is 0 Å². The van der Waals surface area contributed by atoms with Crippen LogP contribution in [-0.2, 0) is 16.1 Å². The summed E-state index contributed by atoms with van der Waals surface area (Å²) in [7, 11) is 0. The average Bonchev–Trinajstić information content (AvgIpc) is 2.97. The molecule has 3 heterocycles. The van der Waals surface area contributed by atoms with E-state index < -0.39 is 18.1 Å². The third-order valence-electron chi connectivity index (χ3n) is 5.71. The van der Waals surface area contributed by atoms with Crippen LogP contribution in [0.3, 0.4) is 0 Å². The molecule has 0 bridgehead atoms. The van der Waals surface area contributed by atoms with Gasteiger partial charge in [0.25, 0.3) is 5.91 Å². The third kappa shape index (κ3) is 3.62. The number of nitrogens with one attached hydrogen (secondary N) is 1. The number of aliphatic hydroxyl groups is 1. The Morgan fingerprint density at radius 2 is 2.07 bits per heavy atom. The van der Waals surface area contributed by atoms with Crippen molar-refractivity contribution >= 4 is 17.7 Å². The minimum Gasteiger partial charge on any atom is -0.489 e. The number of imide groups is 1. The van der Waals surface area contributed by atoms with E-state index in [0.717, 1.165) is 18.7 Å². The zero-order valence-electron chi connectivity index (χ0n) is 15.9. The Labute approximate surface area is 163 Å². The third-order valence-corrected chi connectivity index (χ3v) is 5.71. The summed E-state index contributed by atoms with van der Waals surface area (Å²) in [6.45, 7) is 4.66. The Kier molecular flexibility index (Phi) is 5.07. The van der Waals surface area contributed by atoms with Crippen molar-refractivity contribution in [2.45, 2.75) is 51.0 Å². The van der Waals surface area contributed by atoms with Crippen LogP contribution in [0, 0.1) is 0 Å². The van der Waals surface area contributed by atoms with Crippen molar-refractivity contribution in [2.75, 3.05) is 19.6 Å². The van der Waals surface area contributed by atoms with E-state index in [2.05, 4.69) is 17.1 Å². The lowest BCUT2D eigenvalue weighted by Crippen LogP contribution is -2.52. The van der Waals surface area contributed by atoms with E-state index >= 15 is 0 Å². The number of benzene rings is 1. The van der Waals surface area contributed by atoms with Crippen LogP contribution in [0.1, 0.15) is 42.1 Å². The fraction of sp³-hybridized carbons (Fsp3) is 0.550. The molecule has 2 N–H and O–H groups in total. The van der Waals surface area contributed by atoms with Crippen molar-refractivity contribution in [2.24, 2.45) is 0 Å². The van der Waals surface area contributed by atoms with Gasteiger partial charge >= 0.3 is 0 Å². The Bertz CT molecular complexity index is 811. The molecule has 3 aliphatic rings. The first-order chi connectivity index (χ1) is 13.4. The molecule has 1 aromatic rings. The van der Waals surface area contributed by atoms with Crippen molar-refractivity contribution in [3.05, 3.63) is 29.3 Å². The minimum atomic E-state index is -0.617. The van der Waals surface area contributed by atoms with Crippen LogP contribution in [0.2, 0.25) is 0 Å². The van der Waals surface area contributed by atoms with Crippen LogP contribution >= 0.6 is 0 Å². The lowest BCUT2D eigenvalue weighted by Gasteiger charge is -2.35. The summed E-state index contributed by atoms with van der Waals surface area (Å²) in [4.78, 5) is 39.9. The summed E-state index contributed by atoms with van der Waals surface area (Å²) in [6, 6.07) is 4.72. The zero-order valence-corrected chi connectivity index (χ0v) is 15.9. The van der Waals surface area contributed by atoms with Crippen LogP contribution < -0.4 is 10.1 Å². The fourth-order valence-corrected chi connectivity index (χ4v) is 4.27. The molecule has 1 unspecified atom stereocenters. The predicted molar refractivity (Wildman–Crippen MR) is 99.6 cm³/mol. The van der Waals surface area contributed by atoms with Gasteiger partial charge in [-0.2, -0.15) is 0 Å². The second-order valence-corrected chi connectivity index (χ2v) is 7.70. The van der Waals surface area contributed by atoms with E-state index in [9.17, 15) is 19.5 Å². The highest BCUT2D eigenvalue weighted by molar-refractivity contribution is 6.05. The molecule has 8 nitrogen and oxygen atoms in total. The summed E-state index contributed by atoms with van der Waals surface area (Å²) < 4.78 is 6.08. The Morgan fingerprint density at radius 3 is 2.82 bits per heavy atom. The van der Waals surface area contributed by atoms with E-state index in [4.69, 9.17) is 4.74 Å². The first-order valence-corrected chi connectivity index (χ1v) is 9.79. The van der Waals surface area contributed by atoms with Gasteiger partial charge in [-0.1, -0.05) is 6.92 Å². The molecule has 3 aliphatic heterocycles. The first kappa shape index (κ1) is 18.9. The van der Waals surface area contributed by atoms with Gasteiger partial charge in [0.15, 0.2) is 0 Å². The molecule has 0 radical (unpaired) electrons.